The van der Waals surface area contributed by atoms with E-state index in [9.17, 15) is 4.79 Å². The monoisotopic (exact) mass is 489 g/mol. The third kappa shape index (κ3) is 3.98. The molecule has 1 amide bonds. The molecule has 4 aromatic rings. The van der Waals surface area contributed by atoms with Gasteiger partial charge in [-0.25, -0.2) is 4.98 Å². The van der Waals surface area contributed by atoms with Crippen molar-refractivity contribution in [1.82, 2.24) is 9.88 Å². The number of hydrogen-bond donors (Lipinski definition) is 1. The number of carbonyl (C=O) groups excluding carboxylic acids is 1. The van der Waals surface area contributed by atoms with E-state index in [1.165, 1.54) is 10.4 Å². The van der Waals surface area contributed by atoms with E-state index in [2.05, 4.69) is 23.2 Å². The molecular weight excluding hydrogens is 466 g/mol. The molecule has 0 atom stereocenters. The van der Waals surface area contributed by atoms with Gasteiger partial charge < -0.3 is 14.8 Å². The molecular formula is C26H23N3O3S2. The van der Waals surface area contributed by atoms with Crippen molar-refractivity contribution in [2.24, 2.45) is 0 Å². The number of para-hydroxylation sites is 1. The first-order valence-corrected chi connectivity index (χ1v) is 12.9. The van der Waals surface area contributed by atoms with E-state index in [1.807, 2.05) is 36.4 Å². The first-order chi connectivity index (χ1) is 16.7. The average Bonchev–Trinajstić information content (AvgIpc) is 3.57. The fourth-order valence-corrected chi connectivity index (χ4v) is 6.77. The van der Waals surface area contributed by atoms with E-state index in [0.29, 0.717) is 5.75 Å². The number of nitrogens with zero attached hydrogens (tertiary/aromatic N) is 2. The fraction of sp³-hybridized carbons (Fsp3) is 0.231. The lowest BCUT2D eigenvalue weighted by Crippen LogP contribution is -2.29. The van der Waals surface area contributed by atoms with Crippen LogP contribution in [-0.4, -0.2) is 35.7 Å². The lowest BCUT2D eigenvalue weighted by Gasteiger charge is -2.25. The molecule has 1 N–H and O–H groups in total. The largest absolute Gasteiger partial charge is 0.454 e. The molecule has 0 aliphatic carbocycles. The Hall–Kier alpha value is -3.20. The van der Waals surface area contributed by atoms with E-state index in [-0.39, 0.29) is 12.7 Å². The lowest BCUT2D eigenvalue weighted by atomic mass is 10.0. The Morgan fingerprint density at radius 2 is 2.06 bits per heavy atom. The molecule has 2 aliphatic heterocycles. The van der Waals surface area contributed by atoms with Crippen molar-refractivity contribution >= 4 is 49.9 Å². The van der Waals surface area contributed by atoms with Crippen LogP contribution < -0.4 is 14.8 Å². The normalized spacial score (nSPS) is 15.2. The Balaban J connectivity index is 1.31. The number of likely N-dealkylation sites (N-methyl/N-ethyl adjacent to an activating group) is 1. The predicted molar refractivity (Wildman–Crippen MR) is 138 cm³/mol. The molecule has 2 aliphatic rings. The highest BCUT2D eigenvalue weighted by Gasteiger charge is 2.27. The summed E-state index contributed by atoms with van der Waals surface area (Å²) in [5.74, 6) is 1.27. The second-order valence-corrected chi connectivity index (χ2v) is 10.4. The summed E-state index contributed by atoms with van der Waals surface area (Å²) >= 11 is 3.36. The maximum Gasteiger partial charge on any atom is 0.249 e. The molecule has 2 aromatic heterocycles. The van der Waals surface area contributed by atoms with Crippen LogP contribution in [-0.2, 0) is 17.8 Å². The number of thiophene rings is 1. The van der Waals surface area contributed by atoms with Crippen LogP contribution in [0.3, 0.4) is 0 Å². The molecule has 0 radical (unpaired) electrons. The van der Waals surface area contributed by atoms with Crippen molar-refractivity contribution in [1.29, 1.82) is 0 Å². The molecule has 2 aromatic carbocycles. The van der Waals surface area contributed by atoms with Gasteiger partial charge in [0.05, 0.1) is 10.2 Å². The van der Waals surface area contributed by atoms with Gasteiger partial charge in [-0.3, -0.25) is 9.69 Å². The third-order valence-electron chi connectivity index (χ3n) is 6.15. The van der Waals surface area contributed by atoms with Crippen molar-refractivity contribution in [2.75, 3.05) is 25.2 Å². The SMILES string of the molecule is CCN1CCc2c(sc(NC(=O)/C=C/c3ccc4c(c3)OCO4)c2-c2nc3ccccc3s2)C1. The number of hydrogen-bond acceptors (Lipinski definition) is 7. The van der Waals surface area contributed by atoms with Gasteiger partial charge in [0, 0.05) is 29.6 Å². The summed E-state index contributed by atoms with van der Waals surface area (Å²) in [7, 11) is 0. The number of carbonyl (C=O) groups is 1. The highest BCUT2D eigenvalue weighted by atomic mass is 32.1. The van der Waals surface area contributed by atoms with Gasteiger partial charge in [0.15, 0.2) is 11.5 Å². The van der Waals surface area contributed by atoms with Crippen molar-refractivity contribution in [3.05, 3.63) is 64.5 Å². The number of rotatable bonds is 5. The second-order valence-electron chi connectivity index (χ2n) is 8.25. The molecule has 0 fully saturated rings. The van der Waals surface area contributed by atoms with Gasteiger partial charge in [0.2, 0.25) is 12.7 Å². The fourth-order valence-electron chi connectivity index (χ4n) is 4.36. The molecule has 4 heterocycles. The summed E-state index contributed by atoms with van der Waals surface area (Å²) < 4.78 is 11.9. The van der Waals surface area contributed by atoms with Gasteiger partial charge in [0.1, 0.15) is 10.0 Å². The van der Waals surface area contributed by atoms with Crippen LogP contribution in [0.25, 0.3) is 26.9 Å². The lowest BCUT2D eigenvalue weighted by molar-refractivity contribution is -0.111. The summed E-state index contributed by atoms with van der Waals surface area (Å²) in [6, 6.07) is 13.8. The van der Waals surface area contributed by atoms with Gasteiger partial charge >= 0.3 is 0 Å². The smallest absolute Gasteiger partial charge is 0.249 e. The summed E-state index contributed by atoms with van der Waals surface area (Å²) in [6.07, 6.45) is 4.32. The Morgan fingerprint density at radius 1 is 1.18 bits per heavy atom. The molecule has 8 heteroatoms. The van der Waals surface area contributed by atoms with E-state index >= 15 is 0 Å². The Kier molecular flexibility index (Phi) is 5.57. The zero-order valence-electron chi connectivity index (χ0n) is 18.7. The molecule has 0 bridgehead atoms. The number of amides is 1. The number of anilines is 1. The highest BCUT2D eigenvalue weighted by molar-refractivity contribution is 7.23. The topological polar surface area (TPSA) is 63.7 Å². The van der Waals surface area contributed by atoms with Crippen LogP contribution >= 0.6 is 22.7 Å². The number of thiazole rings is 1. The van der Waals surface area contributed by atoms with Crippen LogP contribution in [0.4, 0.5) is 5.00 Å². The number of fused-ring (bicyclic) bond motifs is 3. The average molecular weight is 490 g/mol. The number of nitrogens with one attached hydrogen (secondary N) is 1. The van der Waals surface area contributed by atoms with E-state index in [1.54, 1.807) is 34.8 Å². The minimum Gasteiger partial charge on any atom is -0.454 e. The number of ether oxygens (including phenoxy) is 2. The van der Waals surface area contributed by atoms with Crippen molar-refractivity contribution < 1.29 is 14.3 Å². The Labute approximate surface area is 205 Å². The maximum atomic E-state index is 12.9. The van der Waals surface area contributed by atoms with Gasteiger partial charge in [-0.2, -0.15) is 0 Å². The molecule has 34 heavy (non-hydrogen) atoms. The van der Waals surface area contributed by atoms with Gasteiger partial charge in [0.25, 0.3) is 0 Å². The van der Waals surface area contributed by atoms with Crippen molar-refractivity contribution in [2.45, 2.75) is 19.9 Å². The summed E-state index contributed by atoms with van der Waals surface area (Å²) in [5, 5.41) is 5.00. The standard InChI is InChI=1S/C26H23N3O3S2/c1-2-29-12-11-17-22(14-29)34-26(24(17)25-27-18-5-3-4-6-21(18)33-25)28-23(30)10-8-16-7-9-19-20(13-16)32-15-31-19/h3-10,13H,2,11-12,14-15H2,1H3,(H,28,30)/b10-8+. The van der Waals surface area contributed by atoms with Gasteiger partial charge in [-0.05, 0) is 54.4 Å². The minimum atomic E-state index is -0.161. The third-order valence-corrected chi connectivity index (χ3v) is 8.34. The zero-order valence-corrected chi connectivity index (χ0v) is 20.3. The van der Waals surface area contributed by atoms with Crippen LogP contribution in [0.2, 0.25) is 0 Å². The van der Waals surface area contributed by atoms with Crippen LogP contribution in [0.15, 0.2) is 48.5 Å². The Bertz CT molecular complexity index is 1390. The molecule has 0 saturated heterocycles. The maximum absolute atomic E-state index is 12.9. The summed E-state index contributed by atoms with van der Waals surface area (Å²) in [5.41, 5.74) is 4.29. The van der Waals surface area contributed by atoms with Crippen LogP contribution in [0.1, 0.15) is 22.9 Å². The molecule has 172 valence electrons. The van der Waals surface area contributed by atoms with Crippen molar-refractivity contribution in [3.8, 4) is 22.1 Å². The molecule has 6 rings (SSSR count). The first-order valence-electron chi connectivity index (χ1n) is 11.3. The first kappa shape index (κ1) is 21.3. The summed E-state index contributed by atoms with van der Waals surface area (Å²) in [4.78, 5) is 21.6. The molecule has 0 unspecified atom stereocenters. The van der Waals surface area contributed by atoms with Gasteiger partial charge in [-0.1, -0.05) is 25.1 Å². The highest BCUT2D eigenvalue weighted by Crippen LogP contribution is 2.45. The van der Waals surface area contributed by atoms with E-state index < -0.39 is 0 Å². The minimum absolute atomic E-state index is 0.161. The molecule has 0 spiro atoms. The Morgan fingerprint density at radius 3 is 2.94 bits per heavy atom. The molecule has 0 saturated carbocycles. The number of aromatic nitrogens is 1. The van der Waals surface area contributed by atoms with Crippen LogP contribution in [0.5, 0.6) is 11.5 Å². The van der Waals surface area contributed by atoms with Crippen LogP contribution in [0, 0.1) is 0 Å². The predicted octanol–water partition coefficient (Wildman–Crippen LogP) is 5.78. The number of benzene rings is 2. The molecule has 6 nitrogen and oxygen atoms in total. The second kappa shape index (κ2) is 8.87. The van der Waals surface area contributed by atoms with E-state index in [0.717, 1.165) is 63.2 Å². The quantitative estimate of drug-likeness (QED) is 0.360. The zero-order chi connectivity index (χ0) is 23.1. The van der Waals surface area contributed by atoms with Gasteiger partial charge in [-0.15, -0.1) is 22.7 Å². The summed E-state index contributed by atoms with van der Waals surface area (Å²) in [6.45, 7) is 5.38. The van der Waals surface area contributed by atoms with E-state index in [4.69, 9.17) is 14.5 Å². The van der Waals surface area contributed by atoms with Crippen molar-refractivity contribution in [3.63, 3.8) is 0 Å².